The molecule has 3 aliphatic rings. The Kier molecular flexibility index (Phi) is 6.22. The third-order valence-electron chi connectivity index (χ3n) is 7.10. The topological polar surface area (TPSA) is 73.4 Å². The highest BCUT2D eigenvalue weighted by Gasteiger charge is 2.30. The van der Waals surface area contributed by atoms with Gasteiger partial charge in [-0.25, -0.2) is 0 Å². The lowest BCUT2D eigenvalue weighted by Gasteiger charge is -2.36. The summed E-state index contributed by atoms with van der Waals surface area (Å²) in [7, 11) is 0. The van der Waals surface area contributed by atoms with Crippen molar-refractivity contribution >= 4 is 23.4 Å². The molecule has 0 aromatic heterocycles. The highest BCUT2D eigenvalue weighted by Crippen LogP contribution is 2.33. The van der Waals surface area contributed by atoms with Crippen molar-refractivity contribution in [3.63, 3.8) is 0 Å². The van der Waals surface area contributed by atoms with Gasteiger partial charge in [-0.1, -0.05) is 25.3 Å². The van der Waals surface area contributed by atoms with Gasteiger partial charge >= 0.3 is 0 Å². The van der Waals surface area contributed by atoms with Crippen LogP contribution in [0.4, 0.5) is 5.69 Å². The van der Waals surface area contributed by atoms with Gasteiger partial charge in [0.25, 0.3) is 0 Å². The Bertz CT molecular complexity index is 773. The Morgan fingerprint density at radius 3 is 2.55 bits per heavy atom. The zero-order chi connectivity index (χ0) is 20.2. The third-order valence-corrected chi connectivity index (χ3v) is 7.10. The van der Waals surface area contributed by atoms with E-state index in [1.54, 1.807) is 0 Å². The summed E-state index contributed by atoms with van der Waals surface area (Å²) in [6.45, 7) is 4.02. The standard InChI is InChI=1S/C24H34N4O/c25-15-22(16-26)20-6-7-23-21(14-20)10-13-28(23)17-18-8-11-27(12-9-18)24(29)19-4-2-1-3-5-19/h6-7,14-16,18-19,25H,1-5,8-13,17,26H2/b22-16+,25-15?. The van der Waals surface area contributed by atoms with Crippen LogP contribution in [0, 0.1) is 17.2 Å². The van der Waals surface area contributed by atoms with Crippen molar-refractivity contribution in [1.82, 2.24) is 4.90 Å². The van der Waals surface area contributed by atoms with Crippen molar-refractivity contribution in [2.75, 3.05) is 31.1 Å². The molecule has 2 fully saturated rings. The number of amides is 1. The molecule has 4 rings (SSSR count). The maximum Gasteiger partial charge on any atom is 0.225 e. The number of hydrogen-bond donors (Lipinski definition) is 2. The second kappa shape index (κ2) is 9.02. The molecule has 3 N–H and O–H groups in total. The van der Waals surface area contributed by atoms with Crippen LogP contribution in [0.5, 0.6) is 0 Å². The number of piperidine rings is 1. The molecular weight excluding hydrogens is 360 g/mol. The first-order valence-corrected chi connectivity index (χ1v) is 11.3. The summed E-state index contributed by atoms with van der Waals surface area (Å²) in [5.41, 5.74) is 10.1. The first-order valence-electron chi connectivity index (χ1n) is 11.3. The molecule has 0 unspecified atom stereocenters. The van der Waals surface area contributed by atoms with E-state index in [0.717, 1.165) is 69.4 Å². The van der Waals surface area contributed by atoms with Gasteiger partial charge in [-0.3, -0.25) is 4.79 Å². The zero-order valence-electron chi connectivity index (χ0n) is 17.4. The molecule has 2 heterocycles. The van der Waals surface area contributed by atoms with Gasteiger partial charge in [-0.05, 0) is 61.3 Å². The highest BCUT2D eigenvalue weighted by atomic mass is 16.2. The fourth-order valence-corrected chi connectivity index (χ4v) is 5.32. The molecule has 5 heteroatoms. The average molecular weight is 395 g/mol. The van der Waals surface area contributed by atoms with E-state index in [-0.39, 0.29) is 0 Å². The molecule has 1 aliphatic carbocycles. The molecule has 1 saturated carbocycles. The number of carbonyl (C=O) groups is 1. The number of allylic oxidation sites excluding steroid dienone is 1. The lowest BCUT2D eigenvalue weighted by Crippen LogP contribution is -2.44. The van der Waals surface area contributed by atoms with Crippen molar-refractivity contribution in [2.24, 2.45) is 17.6 Å². The highest BCUT2D eigenvalue weighted by molar-refractivity contribution is 6.08. The van der Waals surface area contributed by atoms with Gasteiger partial charge in [0.05, 0.1) is 0 Å². The molecule has 1 saturated heterocycles. The van der Waals surface area contributed by atoms with E-state index in [9.17, 15) is 4.79 Å². The zero-order valence-corrected chi connectivity index (χ0v) is 17.4. The Morgan fingerprint density at radius 1 is 1.10 bits per heavy atom. The summed E-state index contributed by atoms with van der Waals surface area (Å²) in [6.07, 6.45) is 12.1. The van der Waals surface area contributed by atoms with E-state index < -0.39 is 0 Å². The number of nitrogens with one attached hydrogen (secondary N) is 1. The number of nitrogens with zero attached hydrogens (tertiary/aromatic N) is 2. The molecule has 156 valence electrons. The Labute approximate surface area is 174 Å². The number of benzene rings is 1. The van der Waals surface area contributed by atoms with Crippen LogP contribution in [0.3, 0.4) is 0 Å². The predicted molar refractivity (Wildman–Crippen MR) is 119 cm³/mol. The smallest absolute Gasteiger partial charge is 0.225 e. The van der Waals surface area contributed by atoms with Crippen LogP contribution in [-0.2, 0) is 11.2 Å². The molecule has 2 aliphatic heterocycles. The molecule has 0 spiro atoms. The molecule has 29 heavy (non-hydrogen) atoms. The second-order valence-corrected chi connectivity index (χ2v) is 8.91. The summed E-state index contributed by atoms with van der Waals surface area (Å²) < 4.78 is 0. The number of anilines is 1. The quantitative estimate of drug-likeness (QED) is 0.746. The number of nitrogens with two attached hydrogens (primary N) is 1. The Balaban J connectivity index is 1.32. The van der Waals surface area contributed by atoms with Gasteiger partial charge in [0.2, 0.25) is 5.91 Å². The van der Waals surface area contributed by atoms with Crippen molar-refractivity contribution in [1.29, 1.82) is 5.41 Å². The molecule has 0 atom stereocenters. The lowest BCUT2D eigenvalue weighted by atomic mass is 9.87. The normalized spacial score (nSPS) is 21.3. The van der Waals surface area contributed by atoms with Crippen molar-refractivity contribution < 1.29 is 4.79 Å². The monoisotopic (exact) mass is 394 g/mol. The van der Waals surface area contributed by atoms with Gasteiger partial charge in [-0.2, -0.15) is 0 Å². The summed E-state index contributed by atoms with van der Waals surface area (Å²) in [5, 5.41) is 7.50. The Morgan fingerprint density at radius 2 is 1.86 bits per heavy atom. The number of carbonyl (C=O) groups excluding carboxylic acids is 1. The van der Waals surface area contributed by atoms with Gasteiger partial charge in [0.1, 0.15) is 0 Å². The first kappa shape index (κ1) is 20.0. The minimum absolute atomic E-state index is 0.299. The van der Waals surface area contributed by atoms with Crippen LogP contribution in [0.15, 0.2) is 24.4 Å². The number of hydrogen-bond acceptors (Lipinski definition) is 4. The molecule has 5 nitrogen and oxygen atoms in total. The molecule has 1 aromatic rings. The van der Waals surface area contributed by atoms with Crippen molar-refractivity contribution in [3.8, 4) is 0 Å². The van der Waals surface area contributed by atoms with Crippen LogP contribution in [0.25, 0.3) is 5.57 Å². The molecule has 0 radical (unpaired) electrons. The van der Waals surface area contributed by atoms with Gasteiger partial charge in [0.15, 0.2) is 0 Å². The number of fused-ring (bicyclic) bond motifs is 1. The molecule has 1 aromatic carbocycles. The van der Waals surface area contributed by atoms with Crippen LogP contribution < -0.4 is 10.6 Å². The van der Waals surface area contributed by atoms with Crippen LogP contribution in [-0.4, -0.2) is 43.2 Å². The minimum atomic E-state index is 0.299. The molecule has 0 bridgehead atoms. The maximum atomic E-state index is 12.8. The van der Waals surface area contributed by atoms with E-state index in [0.29, 0.717) is 17.7 Å². The van der Waals surface area contributed by atoms with Crippen molar-refractivity contribution in [2.45, 2.75) is 51.4 Å². The average Bonchev–Trinajstić information content (AvgIpc) is 3.17. The predicted octanol–water partition coefficient (Wildman–Crippen LogP) is 3.82. The Hall–Kier alpha value is -2.30. The maximum absolute atomic E-state index is 12.8. The summed E-state index contributed by atoms with van der Waals surface area (Å²) in [4.78, 5) is 17.5. The van der Waals surface area contributed by atoms with Crippen LogP contribution in [0.1, 0.15) is 56.1 Å². The molecule has 1 amide bonds. The van der Waals surface area contributed by atoms with Crippen molar-refractivity contribution in [3.05, 3.63) is 35.5 Å². The third kappa shape index (κ3) is 4.34. The number of likely N-dealkylation sites (tertiary alicyclic amines) is 1. The van der Waals surface area contributed by atoms with E-state index in [4.69, 9.17) is 11.1 Å². The van der Waals surface area contributed by atoms with Gasteiger partial charge in [0, 0.05) is 55.8 Å². The fraction of sp³-hybridized carbons (Fsp3) is 0.583. The molecular formula is C24H34N4O. The lowest BCUT2D eigenvalue weighted by molar-refractivity contribution is -0.137. The summed E-state index contributed by atoms with van der Waals surface area (Å²) in [6, 6.07) is 6.45. The summed E-state index contributed by atoms with van der Waals surface area (Å²) >= 11 is 0. The van der Waals surface area contributed by atoms with Gasteiger partial charge in [-0.15, -0.1) is 0 Å². The first-order chi connectivity index (χ1) is 14.2. The largest absolute Gasteiger partial charge is 0.404 e. The minimum Gasteiger partial charge on any atom is -0.404 e. The summed E-state index contributed by atoms with van der Waals surface area (Å²) in [5.74, 6) is 1.39. The SMILES string of the molecule is N=C/C(=C\N)c1ccc2c(c1)CCN2CC1CCN(C(=O)C2CCCCC2)CC1. The number of rotatable bonds is 5. The van der Waals surface area contributed by atoms with Gasteiger partial charge < -0.3 is 20.9 Å². The van der Waals surface area contributed by atoms with Crippen LogP contribution >= 0.6 is 0 Å². The van der Waals surface area contributed by atoms with E-state index in [1.165, 1.54) is 42.9 Å². The fourth-order valence-electron chi connectivity index (χ4n) is 5.32. The van der Waals surface area contributed by atoms with E-state index in [1.807, 2.05) is 0 Å². The van der Waals surface area contributed by atoms with E-state index in [2.05, 4.69) is 28.0 Å². The van der Waals surface area contributed by atoms with E-state index >= 15 is 0 Å². The van der Waals surface area contributed by atoms with Crippen LogP contribution in [0.2, 0.25) is 0 Å². The second-order valence-electron chi connectivity index (χ2n) is 8.91.